The molecule has 2 rings (SSSR count). The molecule has 102 valence electrons. The first kappa shape index (κ1) is 13.8. The minimum atomic E-state index is 0.935. The summed E-state index contributed by atoms with van der Waals surface area (Å²) in [4.78, 5) is 0. The summed E-state index contributed by atoms with van der Waals surface area (Å²) in [5.74, 6) is 0. The van der Waals surface area contributed by atoms with Gasteiger partial charge in [-0.3, -0.25) is 4.68 Å². The predicted octanol–water partition coefficient (Wildman–Crippen LogP) is 2.68. The van der Waals surface area contributed by atoms with E-state index in [9.17, 15) is 0 Å². The van der Waals surface area contributed by atoms with E-state index in [0.29, 0.717) is 0 Å². The molecule has 3 nitrogen and oxygen atoms in total. The van der Waals surface area contributed by atoms with Crippen molar-refractivity contribution in [1.29, 1.82) is 0 Å². The number of benzene rings is 1. The van der Waals surface area contributed by atoms with Crippen molar-refractivity contribution in [1.82, 2.24) is 15.1 Å². The maximum Gasteiger partial charge on any atom is 0.0637 e. The summed E-state index contributed by atoms with van der Waals surface area (Å²) in [6.07, 6.45) is 2.97. The van der Waals surface area contributed by atoms with Crippen molar-refractivity contribution in [2.75, 3.05) is 6.54 Å². The highest BCUT2D eigenvalue weighted by Crippen LogP contribution is 2.15. The van der Waals surface area contributed by atoms with Crippen LogP contribution in [0.4, 0.5) is 0 Å². The number of hydrogen-bond donors (Lipinski definition) is 1. The molecule has 0 aliphatic rings. The summed E-state index contributed by atoms with van der Waals surface area (Å²) in [7, 11) is 1.95. The lowest BCUT2D eigenvalue weighted by atomic mass is 10.00. The fraction of sp³-hybridized carbons (Fsp3) is 0.438. The number of hydrogen-bond acceptors (Lipinski definition) is 2. The van der Waals surface area contributed by atoms with E-state index in [-0.39, 0.29) is 0 Å². The van der Waals surface area contributed by atoms with E-state index in [0.717, 1.165) is 25.2 Å². The smallest absolute Gasteiger partial charge is 0.0637 e. The van der Waals surface area contributed by atoms with Gasteiger partial charge < -0.3 is 5.32 Å². The van der Waals surface area contributed by atoms with Gasteiger partial charge in [0, 0.05) is 32.8 Å². The molecule has 0 fully saturated rings. The van der Waals surface area contributed by atoms with Gasteiger partial charge in [-0.15, -0.1) is 0 Å². The van der Waals surface area contributed by atoms with Gasteiger partial charge in [0.2, 0.25) is 0 Å². The minimum Gasteiger partial charge on any atom is -0.312 e. The summed E-state index contributed by atoms with van der Waals surface area (Å²) in [6, 6.07) is 6.58. The number of aryl methyl sites for hydroxylation is 4. The number of rotatable bonds is 5. The Morgan fingerprint density at radius 3 is 2.42 bits per heavy atom. The lowest BCUT2D eigenvalue weighted by Crippen LogP contribution is -2.18. The van der Waals surface area contributed by atoms with E-state index in [2.05, 4.69) is 49.4 Å². The lowest BCUT2D eigenvalue weighted by Gasteiger charge is -2.12. The van der Waals surface area contributed by atoms with Crippen LogP contribution in [-0.2, 0) is 20.0 Å². The molecule has 2 aromatic rings. The molecule has 0 amide bonds. The van der Waals surface area contributed by atoms with Gasteiger partial charge >= 0.3 is 0 Å². The van der Waals surface area contributed by atoms with Crippen LogP contribution in [-0.4, -0.2) is 16.3 Å². The van der Waals surface area contributed by atoms with Crippen molar-refractivity contribution < 1.29 is 0 Å². The van der Waals surface area contributed by atoms with E-state index in [1.807, 2.05) is 17.9 Å². The average molecular weight is 257 g/mol. The summed E-state index contributed by atoms with van der Waals surface area (Å²) in [5, 5.41) is 7.89. The van der Waals surface area contributed by atoms with Crippen LogP contribution in [0.2, 0.25) is 0 Å². The van der Waals surface area contributed by atoms with Crippen LogP contribution in [0.1, 0.15) is 27.9 Å². The van der Waals surface area contributed by atoms with Crippen molar-refractivity contribution in [2.24, 2.45) is 7.05 Å². The van der Waals surface area contributed by atoms with Crippen molar-refractivity contribution in [3.05, 3.63) is 52.3 Å². The van der Waals surface area contributed by atoms with Crippen LogP contribution >= 0.6 is 0 Å². The summed E-state index contributed by atoms with van der Waals surface area (Å²) >= 11 is 0. The Bertz CT molecular complexity index is 532. The fourth-order valence-corrected chi connectivity index (χ4v) is 2.52. The molecule has 1 heterocycles. The Balaban J connectivity index is 1.86. The Kier molecular flexibility index (Phi) is 4.38. The zero-order chi connectivity index (χ0) is 13.8. The first-order valence-corrected chi connectivity index (χ1v) is 6.82. The van der Waals surface area contributed by atoms with E-state index in [4.69, 9.17) is 0 Å². The first-order chi connectivity index (χ1) is 9.06. The van der Waals surface area contributed by atoms with Crippen LogP contribution in [0.15, 0.2) is 24.4 Å². The molecule has 3 heteroatoms. The van der Waals surface area contributed by atoms with E-state index < -0.39 is 0 Å². The fourth-order valence-electron chi connectivity index (χ4n) is 2.52. The normalized spacial score (nSPS) is 10.9. The largest absolute Gasteiger partial charge is 0.312 e. The van der Waals surface area contributed by atoms with Crippen LogP contribution in [0, 0.1) is 20.8 Å². The Labute approximate surface area is 115 Å². The molecule has 0 saturated heterocycles. The Morgan fingerprint density at radius 2 is 1.84 bits per heavy atom. The molecule has 0 saturated carbocycles. The minimum absolute atomic E-state index is 0.935. The Hall–Kier alpha value is -1.61. The van der Waals surface area contributed by atoms with Gasteiger partial charge in [-0.1, -0.05) is 17.7 Å². The van der Waals surface area contributed by atoms with E-state index in [1.165, 1.54) is 22.3 Å². The summed E-state index contributed by atoms with van der Waals surface area (Å²) < 4.78 is 1.85. The third-order valence-corrected chi connectivity index (χ3v) is 3.47. The molecular formula is C16H23N3. The highest BCUT2D eigenvalue weighted by atomic mass is 15.2. The standard InChI is InChI=1S/C16H23N3/c1-12-9-13(2)16(14(3)10-12)11-17-7-5-15-6-8-19(4)18-15/h6,8-10,17H,5,7,11H2,1-4H3. The monoisotopic (exact) mass is 257 g/mol. The molecule has 0 radical (unpaired) electrons. The maximum absolute atomic E-state index is 4.38. The molecule has 0 bridgehead atoms. The lowest BCUT2D eigenvalue weighted by molar-refractivity contribution is 0.662. The second-order valence-electron chi connectivity index (χ2n) is 5.28. The van der Waals surface area contributed by atoms with Gasteiger partial charge in [-0.25, -0.2) is 0 Å². The summed E-state index contributed by atoms with van der Waals surface area (Å²) in [6.45, 7) is 8.43. The average Bonchev–Trinajstić information content (AvgIpc) is 2.73. The molecule has 1 aromatic carbocycles. The van der Waals surface area contributed by atoms with Gasteiger partial charge in [-0.05, 0) is 43.5 Å². The molecule has 19 heavy (non-hydrogen) atoms. The first-order valence-electron chi connectivity index (χ1n) is 6.82. The van der Waals surface area contributed by atoms with Gasteiger partial charge in [0.25, 0.3) is 0 Å². The van der Waals surface area contributed by atoms with Gasteiger partial charge in [0.15, 0.2) is 0 Å². The Morgan fingerprint density at radius 1 is 1.16 bits per heavy atom. The quantitative estimate of drug-likeness (QED) is 0.835. The van der Waals surface area contributed by atoms with Crippen molar-refractivity contribution in [2.45, 2.75) is 33.7 Å². The van der Waals surface area contributed by atoms with Crippen LogP contribution in [0.25, 0.3) is 0 Å². The second-order valence-corrected chi connectivity index (χ2v) is 5.28. The topological polar surface area (TPSA) is 29.9 Å². The van der Waals surface area contributed by atoms with Crippen molar-refractivity contribution >= 4 is 0 Å². The molecule has 0 spiro atoms. The molecule has 0 unspecified atom stereocenters. The van der Waals surface area contributed by atoms with E-state index in [1.54, 1.807) is 0 Å². The van der Waals surface area contributed by atoms with Gasteiger partial charge in [0.05, 0.1) is 5.69 Å². The number of nitrogens with zero attached hydrogens (tertiary/aromatic N) is 2. The highest BCUT2D eigenvalue weighted by Gasteiger charge is 2.03. The summed E-state index contributed by atoms with van der Waals surface area (Å²) in [5.41, 5.74) is 6.66. The third kappa shape index (κ3) is 3.67. The molecule has 0 aliphatic carbocycles. The van der Waals surface area contributed by atoms with Crippen LogP contribution in [0.3, 0.4) is 0 Å². The number of aromatic nitrogens is 2. The van der Waals surface area contributed by atoms with Crippen molar-refractivity contribution in [3.63, 3.8) is 0 Å². The highest BCUT2D eigenvalue weighted by molar-refractivity contribution is 5.37. The molecule has 0 aliphatic heterocycles. The molecular weight excluding hydrogens is 234 g/mol. The SMILES string of the molecule is Cc1cc(C)c(CNCCc2ccn(C)n2)c(C)c1. The van der Waals surface area contributed by atoms with Crippen molar-refractivity contribution in [3.8, 4) is 0 Å². The zero-order valence-electron chi connectivity index (χ0n) is 12.3. The molecule has 1 N–H and O–H groups in total. The number of nitrogens with one attached hydrogen (secondary N) is 1. The van der Waals surface area contributed by atoms with Gasteiger partial charge in [0.1, 0.15) is 0 Å². The third-order valence-electron chi connectivity index (χ3n) is 3.47. The van der Waals surface area contributed by atoms with E-state index >= 15 is 0 Å². The maximum atomic E-state index is 4.38. The predicted molar refractivity (Wildman–Crippen MR) is 79.3 cm³/mol. The second kappa shape index (κ2) is 6.02. The van der Waals surface area contributed by atoms with Crippen LogP contribution in [0.5, 0.6) is 0 Å². The molecule has 0 atom stereocenters. The zero-order valence-corrected chi connectivity index (χ0v) is 12.3. The molecule has 1 aromatic heterocycles. The van der Waals surface area contributed by atoms with Gasteiger partial charge in [-0.2, -0.15) is 5.10 Å². The van der Waals surface area contributed by atoms with Crippen LogP contribution < -0.4 is 5.32 Å².